The molecule has 2 heterocycles. The van der Waals surface area contributed by atoms with Gasteiger partial charge in [-0.15, -0.1) is 23.7 Å². The second-order valence-electron chi connectivity index (χ2n) is 6.88. The zero-order chi connectivity index (χ0) is 16.6. The van der Waals surface area contributed by atoms with Crippen molar-refractivity contribution in [1.29, 1.82) is 0 Å². The molecule has 1 aliphatic carbocycles. The second kappa shape index (κ2) is 7.67. The van der Waals surface area contributed by atoms with Gasteiger partial charge in [0.1, 0.15) is 0 Å². The molecule has 2 unspecified atom stereocenters. The average Bonchev–Trinajstić information content (AvgIpc) is 3.04. The summed E-state index contributed by atoms with van der Waals surface area (Å²) < 4.78 is 0. The molecule has 6 heteroatoms. The van der Waals surface area contributed by atoms with Crippen LogP contribution in [0.5, 0.6) is 0 Å². The average molecular weight is 397 g/mol. The highest BCUT2D eigenvalue weighted by molar-refractivity contribution is 7.10. The van der Waals surface area contributed by atoms with Gasteiger partial charge in [-0.25, -0.2) is 0 Å². The van der Waals surface area contributed by atoms with Crippen LogP contribution < -0.4 is 10.6 Å². The third kappa shape index (κ3) is 3.87. The highest BCUT2D eigenvalue weighted by atomic mass is 35.5. The second-order valence-corrected chi connectivity index (χ2v) is 8.29. The van der Waals surface area contributed by atoms with Gasteiger partial charge in [0.05, 0.1) is 6.04 Å². The first kappa shape index (κ1) is 18.7. The summed E-state index contributed by atoms with van der Waals surface area (Å²) in [5.74, 6) is 0.375. The molecule has 1 amide bonds. The van der Waals surface area contributed by atoms with E-state index in [1.54, 1.807) is 11.3 Å². The van der Waals surface area contributed by atoms with Crippen LogP contribution in [0.15, 0.2) is 41.8 Å². The van der Waals surface area contributed by atoms with E-state index in [-0.39, 0.29) is 35.7 Å². The molecular weight excluding hydrogens is 375 g/mol. The molecule has 0 radical (unpaired) electrons. The summed E-state index contributed by atoms with van der Waals surface area (Å²) in [6.07, 6.45) is 3.28. The number of carbonyl (C=O) groups excluding carboxylic acids is 1. The van der Waals surface area contributed by atoms with Crippen molar-refractivity contribution in [2.24, 2.45) is 11.3 Å². The number of hydrogen-bond acceptors (Lipinski definition) is 3. The summed E-state index contributed by atoms with van der Waals surface area (Å²) in [7, 11) is 0. The van der Waals surface area contributed by atoms with Crippen molar-refractivity contribution in [2.75, 3.05) is 13.1 Å². The van der Waals surface area contributed by atoms with E-state index < -0.39 is 0 Å². The number of piperidine rings is 1. The molecule has 25 heavy (non-hydrogen) atoms. The van der Waals surface area contributed by atoms with Crippen LogP contribution in [0.3, 0.4) is 0 Å². The molecule has 134 valence electrons. The smallest absolute Gasteiger partial charge is 0.224 e. The number of hydrogen-bond donors (Lipinski definition) is 2. The fourth-order valence-electron chi connectivity index (χ4n) is 3.87. The van der Waals surface area contributed by atoms with Gasteiger partial charge in [0.15, 0.2) is 0 Å². The zero-order valence-corrected chi connectivity index (χ0v) is 16.2. The molecule has 1 spiro atoms. The molecule has 2 N–H and O–H groups in total. The maximum absolute atomic E-state index is 12.9. The van der Waals surface area contributed by atoms with Crippen LogP contribution in [-0.2, 0) is 4.79 Å². The highest BCUT2D eigenvalue weighted by Gasteiger charge is 2.57. The summed E-state index contributed by atoms with van der Waals surface area (Å²) >= 11 is 7.69. The topological polar surface area (TPSA) is 41.1 Å². The lowest BCUT2D eigenvalue weighted by Gasteiger charge is -2.24. The van der Waals surface area contributed by atoms with Crippen molar-refractivity contribution in [3.63, 3.8) is 0 Å². The van der Waals surface area contributed by atoms with Crippen molar-refractivity contribution < 1.29 is 4.79 Å². The minimum Gasteiger partial charge on any atom is -0.344 e. The molecular formula is C19H22Cl2N2OS. The van der Waals surface area contributed by atoms with Gasteiger partial charge in [0.25, 0.3) is 0 Å². The molecule has 2 fully saturated rings. The SMILES string of the molecule is Cl.O=C(NC(c1ccc(Cl)cc1)c1cccs1)C1CC12CCNCC2. The van der Waals surface area contributed by atoms with E-state index in [1.807, 2.05) is 30.3 Å². The predicted octanol–water partition coefficient (Wildman–Crippen LogP) is 4.42. The number of halogens is 2. The van der Waals surface area contributed by atoms with E-state index in [9.17, 15) is 4.79 Å². The molecule has 1 saturated heterocycles. The van der Waals surface area contributed by atoms with Gasteiger partial charge in [-0.1, -0.05) is 29.8 Å². The van der Waals surface area contributed by atoms with Crippen LogP contribution in [-0.4, -0.2) is 19.0 Å². The molecule has 3 nitrogen and oxygen atoms in total. The fourth-order valence-corrected chi connectivity index (χ4v) is 4.80. The van der Waals surface area contributed by atoms with Gasteiger partial charge >= 0.3 is 0 Å². The maximum Gasteiger partial charge on any atom is 0.224 e. The van der Waals surface area contributed by atoms with Crippen molar-refractivity contribution in [3.8, 4) is 0 Å². The summed E-state index contributed by atoms with van der Waals surface area (Å²) in [4.78, 5) is 14.0. The van der Waals surface area contributed by atoms with Crippen molar-refractivity contribution in [3.05, 3.63) is 57.2 Å². The normalized spacial score (nSPS) is 22.0. The molecule has 1 aromatic carbocycles. The third-order valence-electron chi connectivity index (χ3n) is 5.42. The van der Waals surface area contributed by atoms with E-state index in [1.165, 1.54) is 0 Å². The maximum atomic E-state index is 12.9. The number of nitrogens with one attached hydrogen (secondary N) is 2. The molecule has 0 bridgehead atoms. The standard InChI is InChI=1S/C19H21ClN2OS.ClH/c20-14-5-3-13(4-6-14)17(16-2-1-11-24-16)22-18(23)15-12-19(15)7-9-21-10-8-19;/h1-6,11,15,17,21H,7-10,12H2,(H,22,23);1H. The van der Waals surface area contributed by atoms with Crippen molar-refractivity contribution >= 4 is 41.3 Å². The Morgan fingerprint density at radius 1 is 1.24 bits per heavy atom. The first-order valence-corrected chi connectivity index (χ1v) is 9.74. The molecule has 1 saturated carbocycles. The monoisotopic (exact) mass is 396 g/mol. The lowest BCUT2D eigenvalue weighted by atomic mass is 9.91. The van der Waals surface area contributed by atoms with Gasteiger partial charge in [-0.3, -0.25) is 4.79 Å². The molecule has 1 aliphatic heterocycles. The Labute approximate surface area is 163 Å². The van der Waals surface area contributed by atoms with Gasteiger partial charge in [-0.2, -0.15) is 0 Å². The van der Waals surface area contributed by atoms with E-state index in [2.05, 4.69) is 22.1 Å². The van der Waals surface area contributed by atoms with E-state index in [0.29, 0.717) is 5.02 Å². The Balaban J connectivity index is 0.00000182. The van der Waals surface area contributed by atoms with Crippen molar-refractivity contribution in [1.82, 2.24) is 10.6 Å². The minimum atomic E-state index is -0.0888. The van der Waals surface area contributed by atoms with Crippen molar-refractivity contribution in [2.45, 2.75) is 25.3 Å². The largest absolute Gasteiger partial charge is 0.344 e. The predicted molar refractivity (Wildman–Crippen MR) is 106 cm³/mol. The first-order valence-electron chi connectivity index (χ1n) is 8.48. The molecule has 2 aromatic rings. The quantitative estimate of drug-likeness (QED) is 0.802. The Kier molecular flexibility index (Phi) is 5.74. The van der Waals surface area contributed by atoms with Crippen LogP contribution in [0.1, 0.15) is 35.7 Å². The Morgan fingerprint density at radius 3 is 2.60 bits per heavy atom. The third-order valence-corrected chi connectivity index (χ3v) is 6.61. The first-order chi connectivity index (χ1) is 11.7. The van der Waals surface area contributed by atoms with E-state index in [4.69, 9.17) is 11.6 Å². The summed E-state index contributed by atoms with van der Waals surface area (Å²) in [5.41, 5.74) is 1.34. The van der Waals surface area contributed by atoms with E-state index >= 15 is 0 Å². The van der Waals surface area contributed by atoms with Gasteiger partial charge in [0.2, 0.25) is 5.91 Å². The lowest BCUT2D eigenvalue weighted by Crippen LogP contribution is -2.35. The van der Waals surface area contributed by atoms with E-state index in [0.717, 1.165) is 42.8 Å². The Bertz CT molecular complexity index is 712. The number of benzene rings is 1. The minimum absolute atomic E-state index is 0. The molecule has 2 aliphatic rings. The van der Waals surface area contributed by atoms with Crippen LogP contribution in [0.4, 0.5) is 0 Å². The Morgan fingerprint density at radius 2 is 1.96 bits per heavy atom. The van der Waals surface area contributed by atoms with Gasteiger partial charge in [-0.05, 0) is 66.9 Å². The number of amides is 1. The summed E-state index contributed by atoms with van der Waals surface area (Å²) in [5, 5.41) is 9.45. The highest BCUT2D eigenvalue weighted by Crippen LogP contribution is 2.58. The lowest BCUT2D eigenvalue weighted by molar-refractivity contribution is -0.123. The molecule has 1 aromatic heterocycles. The molecule has 4 rings (SSSR count). The number of thiophene rings is 1. The van der Waals surface area contributed by atoms with Gasteiger partial charge < -0.3 is 10.6 Å². The summed E-state index contributed by atoms with van der Waals surface area (Å²) in [6.45, 7) is 2.07. The van der Waals surface area contributed by atoms with Crippen LogP contribution in [0.25, 0.3) is 0 Å². The van der Waals surface area contributed by atoms with Crippen LogP contribution in [0, 0.1) is 11.3 Å². The fraction of sp³-hybridized carbons (Fsp3) is 0.421. The Hall–Kier alpha value is -1.07. The number of carbonyl (C=O) groups is 1. The number of rotatable bonds is 4. The zero-order valence-electron chi connectivity index (χ0n) is 13.8. The van der Waals surface area contributed by atoms with Gasteiger partial charge in [0, 0.05) is 15.8 Å². The van der Waals surface area contributed by atoms with Crippen LogP contribution in [0.2, 0.25) is 5.02 Å². The van der Waals surface area contributed by atoms with Crippen LogP contribution >= 0.6 is 35.3 Å². The summed E-state index contributed by atoms with van der Waals surface area (Å²) in [6, 6.07) is 11.8. The molecule has 2 atom stereocenters.